The van der Waals surface area contributed by atoms with Crippen LogP contribution in [0.15, 0.2) is 42.9 Å². The maximum absolute atomic E-state index is 10.6. The smallest absolute Gasteiger partial charge is 0.475 e. The van der Waals surface area contributed by atoms with Crippen LogP contribution in [0.3, 0.4) is 0 Å². The number of alkyl halides is 3. The fourth-order valence-corrected chi connectivity index (χ4v) is 1.80. The molecule has 9 heteroatoms. The molecular formula is C13H11F3N4O2. The number of nitrogen functional groups attached to an aromatic ring is 1. The number of para-hydroxylation sites is 1. The van der Waals surface area contributed by atoms with Gasteiger partial charge in [0.25, 0.3) is 0 Å². The number of benzene rings is 1. The van der Waals surface area contributed by atoms with Crippen molar-refractivity contribution in [1.82, 2.24) is 14.8 Å². The lowest BCUT2D eigenvalue weighted by Gasteiger charge is -1.99. The van der Waals surface area contributed by atoms with Crippen molar-refractivity contribution in [2.24, 2.45) is 0 Å². The molecule has 0 saturated carbocycles. The third-order valence-electron chi connectivity index (χ3n) is 2.75. The first-order valence-corrected chi connectivity index (χ1v) is 5.95. The summed E-state index contributed by atoms with van der Waals surface area (Å²) in [5.41, 5.74) is 8.80. The normalized spacial score (nSPS) is 11.0. The number of halogens is 3. The molecular weight excluding hydrogens is 301 g/mol. The summed E-state index contributed by atoms with van der Waals surface area (Å²) in [5, 5.41) is 14.9. The van der Waals surface area contributed by atoms with E-state index < -0.39 is 12.1 Å². The number of anilines is 1. The van der Waals surface area contributed by atoms with Gasteiger partial charge in [0.2, 0.25) is 0 Å². The van der Waals surface area contributed by atoms with Gasteiger partial charge in [-0.3, -0.25) is 5.10 Å². The zero-order valence-electron chi connectivity index (χ0n) is 11.0. The van der Waals surface area contributed by atoms with E-state index in [2.05, 4.69) is 10.2 Å². The van der Waals surface area contributed by atoms with Crippen molar-refractivity contribution < 1.29 is 23.1 Å². The molecule has 0 spiro atoms. The van der Waals surface area contributed by atoms with Gasteiger partial charge in [0.15, 0.2) is 0 Å². The molecule has 6 nitrogen and oxygen atoms in total. The molecule has 0 aliphatic carbocycles. The molecule has 0 unspecified atom stereocenters. The van der Waals surface area contributed by atoms with Gasteiger partial charge < -0.3 is 15.4 Å². The van der Waals surface area contributed by atoms with E-state index in [4.69, 9.17) is 15.6 Å². The Morgan fingerprint density at radius 3 is 2.50 bits per heavy atom. The molecule has 0 atom stereocenters. The summed E-state index contributed by atoms with van der Waals surface area (Å²) in [6, 6.07) is 8.04. The van der Waals surface area contributed by atoms with Crippen LogP contribution in [0.1, 0.15) is 0 Å². The fraction of sp³-hybridized carbons (Fsp3) is 0.0769. The number of nitrogens with two attached hydrogens (primary N) is 1. The standard InChI is InChI=1S/C11H10N4.C2HF3O2/c12-10-7-15(8-5-13-14-6-8)11-4-2-1-3-9(10)11;3-2(4,5)1(6)7/h1-7H,12H2,(H,13,14);(H,6,7). The summed E-state index contributed by atoms with van der Waals surface area (Å²) >= 11 is 0. The molecule has 0 radical (unpaired) electrons. The van der Waals surface area contributed by atoms with E-state index >= 15 is 0 Å². The topological polar surface area (TPSA) is 96.9 Å². The number of aliphatic carboxylic acids is 1. The Hall–Kier alpha value is -2.97. The summed E-state index contributed by atoms with van der Waals surface area (Å²) in [6.45, 7) is 0. The summed E-state index contributed by atoms with van der Waals surface area (Å²) in [4.78, 5) is 8.90. The van der Waals surface area contributed by atoms with Gasteiger partial charge in [-0.05, 0) is 6.07 Å². The van der Waals surface area contributed by atoms with Crippen LogP contribution in [0, 0.1) is 0 Å². The molecule has 0 amide bonds. The number of aromatic nitrogens is 3. The molecule has 2 aromatic heterocycles. The van der Waals surface area contributed by atoms with Crippen molar-refractivity contribution in [3.8, 4) is 5.69 Å². The second-order valence-electron chi connectivity index (χ2n) is 4.23. The van der Waals surface area contributed by atoms with Crippen LogP contribution < -0.4 is 5.73 Å². The molecule has 22 heavy (non-hydrogen) atoms. The van der Waals surface area contributed by atoms with Crippen LogP contribution in [0.4, 0.5) is 18.9 Å². The van der Waals surface area contributed by atoms with Crippen LogP contribution in [0.2, 0.25) is 0 Å². The SMILES string of the molecule is Nc1cn(-c2cn[nH]c2)c2ccccc12.O=C(O)C(F)(F)F. The van der Waals surface area contributed by atoms with E-state index in [1.165, 1.54) is 0 Å². The quantitative estimate of drug-likeness (QED) is 0.643. The Balaban J connectivity index is 0.000000217. The molecule has 0 aliphatic heterocycles. The second-order valence-corrected chi connectivity index (χ2v) is 4.23. The van der Waals surface area contributed by atoms with Gasteiger partial charge in [-0.25, -0.2) is 4.79 Å². The van der Waals surface area contributed by atoms with Crippen molar-refractivity contribution in [3.63, 3.8) is 0 Å². The number of nitrogens with one attached hydrogen (secondary N) is 1. The first kappa shape index (κ1) is 15.4. The Morgan fingerprint density at radius 2 is 1.95 bits per heavy atom. The third-order valence-corrected chi connectivity index (χ3v) is 2.75. The van der Waals surface area contributed by atoms with Crippen molar-refractivity contribution in [3.05, 3.63) is 42.9 Å². The average Bonchev–Trinajstić information content (AvgIpc) is 3.07. The lowest BCUT2D eigenvalue weighted by Crippen LogP contribution is -2.21. The number of aromatic amines is 1. The molecule has 3 aromatic rings. The van der Waals surface area contributed by atoms with E-state index in [0.29, 0.717) is 0 Å². The number of carbonyl (C=O) groups is 1. The largest absolute Gasteiger partial charge is 0.490 e. The summed E-state index contributed by atoms with van der Waals surface area (Å²) in [7, 11) is 0. The number of nitrogens with zero attached hydrogens (tertiary/aromatic N) is 2. The van der Waals surface area contributed by atoms with Gasteiger partial charge in [-0.15, -0.1) is 0 Å². The van der Waals surface area contributed by atoms with E-state index in [1.54, 1.807) is 6.20 Å². The molecule has 1 aromatic carbocycles. The number of carboxylic acid groups (broad SMARTS) is 1. The van der Waals surface area contributed by atoms with Crippen molar-refractivity contribution in [2.45, 2.75) is 6.18 Å². The summed E-state index contributed by atoms with van der Waals surface area (Å²) in [6.07, 6.45) is 0.438. The van der Waals surface area contributed by atoms with Gasteiger partial charge in [0.05, 0.1) is 23.1 Å². The van der Waals surface area contributed by atoms with Crippen molar-refractivity contribution in [2.75, 3.05) is 5.73 Å². The summed E-state index contributed by atoms with van der Waals surface area (Å²) in [5.74, 6) is -2.76. The van der Waals surface area contributed by atoms with Gasteiger partial charge >= 0.3 is 12.1 Å². The van der Waals surface area contributed by atoms with Gasteiger partial charge in [0, 0.05) is 17.8 Å². The average molecular weight is 312 g/mol. The number of fused-ring (bicyclic) bond motifs is 1. The number of hydrogen-bond donors (Lipinski definition) is 3. The number of carboxylic acids is 1. The third kappa shape index (κ3) is 3.19. The minimum atomic E-state index is -5.08. The maximum Gasteiger partial charge on any atom is 0.490 e. The van der Waals surface area contributed by atoms with Crippen LogP contribution in [-0.2, 0) is 4.79 Å². The highest BCUT2D eigenvalue weighted by molar-refractivity contribution is 5.92. The van der Waals surface area contributed by atoms with Crippen LogP contribution in [0.5, 0.6) is 0 Å². The zero-order valence-corrected chi connectivity index (χ0v) is 11.0. The number of H-pyrrole nitrogens is 1. The first-order valence-electron chi connectivity index (χ1n) is 5.95. The van der Waals surface area contributed by atoms with E-state index in [-0.39, 0.29) is 0 Å². The maximum atomic E-state index is 10.6. The predicted molar refractivity (Wildman–Crippen MR) is 73.5 cm³/mol. The monoisotopic (exact) mass is 312 g/mol. The molecule has 2 heterocycles. The second kappa shape index (κ2) is 5.80. The minimum Gasteiger partial charge on any atom is -0.475 e. The highest BCUT2D eigenvalue weighted by Crippen LogP contribution is 2.25. The van der Waals surface area contributed by atoms with Gasteiger partial charge in [-0.2, -0.15) is 18.3 Å². The molecule has 4 N–H and O–H groups in total. The molecule has 0 aliphatic rings. The van der Waals surface area contributed by atoms with E-state index in [1.807, 2.05) is 41.2 Å². The van der Waals surface area contributed by atoms with Crippen LogP contribution in [0.25, 0.3) is 16.6 Å². The predicted octanol–water partition coefficient (Wildman–Crippen LogP) is 2.57. The highest BCUT2D eigenvalue weighted by atomic mass is 19.4. The summed E-state index contributed by atoms with van der Waals surface area (Å²) < 4.78 is 33.8. The molecule has 0 bridgehead atoms. The first-order chi connectivity index (χ1) is 10.3. The molecule has 0 saturated heterocycles. The number of rotatable bonds is 1. The van der Waals surface area contributed by atoms with E-state index in [9.17, 15) is 13.2 Å². The Bertz CT molecular complexity index is 778. The Morgan fingerprint density at radius 1 is 1.32 bits per heavy atom. The van der Waals surface area contributed by atoms with Crippen LogP contribution >= 0.6 is 0 Å². The lowest BCUT2D eigenvalue weighted by molar-refractivity contribution is -0.192. The van der Waals surface area contributed by atoms with Crippen LogP contribution in [-0.4, -0.2) is 32.0 Å². The molecule has 0 fully saturated rings. The Kier molecular flexibility index (Phi) is 4.06. The van der Waals surface area contributed by atoms with Crippen molar-refractivity contribution >= 4 is 22.6 Å². The minimum absolute atomic E-state index is 0.784. The zero-order chi connectivity index (χ0) is 16.3. The van der Waals surface area contributed by atoms with Gasteiger partial charge in [-0.1, -0.05) is 18.2 Å². The Labute approximate surface area is 122 Å². The fourth-order valence-electron chi connectivity index (χ4n) is 1.80. The lowest BCUT2D eigenvalue weighted by atomic mass is 10.2. The van der Waals surface area contributed by atoms with E-state index in [0.717, 1.165) is 22.3 Å². The molecule has 3 rings (SSSR count). The van der Waals surface area contributed by atoms with Gasteiger partial charge in [0.1, 0.15) is 0 Å². The molecule has 116 valence electrons. The highest BCUT2D eigenvalue weighted by Gasteiger charge is 2.38. The number of hydrogen-bond acceptors (Lipinski definition) is 3. The van der Waals surface area contributed by atoms with Crippen molar-refractivity contribution in [1.29, 1.82) is 0 Å².